The highest BCUT2D eigenvalue weighted by Crippen LogP contribution is 2.32. The molecule has 28 heteroatoms. The Morgan fingerprint density at radius 2 is 0.371 bits per heavy atom. The molecular weight excluding hydrogens is 1250 g/mol. The van der Waals surface area contributed by atoms with Gasteiger partial charge >= 0.3 is 29.8 Å². The Morgan fingerprint density at radius 3 is 0.485 bits per heavy atom. The van der Waals surface area contributed by atoms with Crippen LogP contribution >= 0.6 is 0 Å². The van der Waals surface area contributed by atoms with Crippen LogP contribution in [0.2, 0.25) is 0 Å². The van der Waals surface area contributed by atoms with Crippen LogP contribution in [0.3, 0.4) is 0 Å². The average molecular weight is 1380 g/mol. The van der Waals surface area contributed by atoms with Crippen molar-refractivity contribution in [3.8, 4) is 0 Å². The van der Waals surface area contributed by atoms with Gasteiger partial charge < -0.3 is 78.7 Å². The predicted molar refractivity (Wildman–Crippen MR) is 378 cm³/mol. The van der Waals surface area contributed by atoms with E-state index in [1.807, 2.05) is 0 Å². The van der Waals surface area contributed by atoms with Crippen molar-refractivity contribution in [1.82, 2.24) is 67.9 Å². The minimum absolute atomic E-state index is 0.000836. The van der Waals surface area contributed by atoms with Crippen LogP contribution in [0.1, 0.15) is 237 Å². The van der Waals surface area contributed by atoms with Crippen molar-refractivity contribution >= 4 is 59.4 Å². The summed E-state index contributed by atoms with van der Waals surface area (Å²) in [6, 6.07) is 1.52. The lowest BCUT2D eigenvalue weighted by Gasteiger charge is -2.46. The number of carbonyl (C=O) groups excluding carboxylic acids is 5. The molecule has 5 aliphatic heterocycles. The summed E-state index contributed by atoms with van der Waals surface area (Å²) in [6.45, 7) is 48.9. The Kier molecular flexibility index (Phi) is 36.0. The van der Waals surface area contributed by atoms with Gasteiger partial charge in [-0.3, -0.25) is 62.6 Å². The normalized spacial score (nSPS) is 21.7. The van der Waals surface area contributed by atoms with Gasteiger partial charge in [-0.25, -0.2) is 0 Å². The highest BCUT2D eigenvalue weighted by atomic mass is 16.4. The fourth-order valence-corrected chi connectivity index (χ4v) is 15.8. The van der Waals surface area contributed by atoms with Crippen LogP contribution in [0.4, 0.5) is 0 Å². The van der Waals surface area contributed by atoms with Crippen LogP contribution < -0.4 is 53.2 Å². The number of nitrogens with one attached hydrogen (secondary N) is 10. The minimum atomic E-state index is -1.24. The zero-order chi connectivity index (χ0) is 75.9. The molecule has 5 saturated heterocycles. The molecule has 5 rings (SSSR count). The van der Waals surface area contributed by atoms with Gasteiger partial charge in [-0.05, 0) is 203 Å². The van der Waals surface area contributed by atoms with Crippen molar-refractivity contribution in [2.75, 3.05) is 58.9 Å². The third-order valence-corrected chi connectivity index (χ3v) is 16.2. The summed E-state index contributed by atoms with van der Waals surface area (Å²) < 4.78 is 0. The summed E-state index contributed by atoms with van der Waals surface area (Å²) in [5, 5.41) is 77.1. The Balaban J connectivity index is 0.00000117. The quantitative estimate of drug-likeness (QED) is 0.0753. The van der Waals surface area contributed by atoms with Gasteiger partial charge in [-0.1, -0.05) is 0 Å². The maximum Gasteiger partial charge on any atom is 0.317 e. The third-order valence-electron chi connectivity index (χ3n) is 16.2. The standard InChI is InChI=1S/C14H23N3O10.5C11H22N2O/c18-10(19)5-15(1-3-16(6-11(20)21)7-12(22)23)2-4-17(8-13(24)25)9-14(26)27;5*1-8(14)12-9-6-10(2,3)13-11(4,5)7-9/h1-9H2,(H,18,19)(H,20,21)(H,22,23)(H,24,25)(H,26,27);5*9,13H,6-7H2,1-5H3,(H,12,14). The SMILES string of the molecule is CC(=O)NC1CC(C)(C)NC(C)(C)C1.CC(=O)NC1CC(C)(C)NC(C)(C)C1.CC(=O)NC1CC(C)(C)NC(C)(C)C1.CC(=O)NC1CC(C)(C)NC(C)(C)C1.CC(=O)NC1CC(C)(C)NC(C)(C)C1.O=C(O)CN(CCN(CC(=O)O)CC(=O)O)CCN(CC(=O)O)CC(=O)O. The molecule has 564 valence electrons. The fraction of sp³-hybridized carbons (Fsp3) is 0.855. The van der Waals surface area contributed by atoms with E-state index in [1.165, 1.54) is 4.90 Å². The van der Waals surface area contributed by atoms with E-state index >= 15 is 0 Å². The van der Waals surface area contributed by atoms with Gasteiger partial charge in [0.1, 0.15) is 0 Å². The van der Waals surface area contributed by atoms with Crippen molar-refractivity contribution in [3.05, 3.63) is 0 Å². The molecule has 15 N–H and O–H groups in total. The van der Waals surface area contributed by atoms with E-state index in [2.05, 4.69) is 192 Å². The van der Waals surface area contributed by atoms with E-state index in [1.54, 1.807) is 34.6 Å². The molecule has 97 heavy (non-hydrogen) atoms. The van der Waals surface area contributed by atoms with Gasteiger partial charge in [0, 0.05) is 146 Å². The summed E-state index contributed by atoms with van der Waals surface area (Å²) in [5.74, 6) is -5.79. The maximum atomic E-state index is 11.0. The first-order valence-electron chi connectivity index (χ1n) is 34.1. The molecule has 0 aromatic heterocycles. The Hall–Kier alpha value is -5.62. The zero-order valence-electron chi connectivity index (χ0n) is 64.0. The van der Waals surface area contributed by atoms with Gasteiger partial charge in [0.05, 0.1) is 32.7 Å². The number of piperidine rings is 5. The molecule has 0 radical (unpaired) electrons. The molecule has 0 bridgehead atoms. The molecule has 5 fully saturated rings. The van der Waals surface area contributed by atoms with Crippen LogP contribution in [-0.4, -0.2) is 244 Å². The molecule has 5 heterocycles. The Morgan fingerprint density at radius 1 is 0.258 bits per heavy atom. The number of aliphatic carboxylic acids is 5. The van der Waals surface area contributed by atoms with Gasteiger partial charge in [0.2, 0.25) is 29.5 Å². The largest absolute Gasteiger partial charge is 0.480 e. The van der Waals surface area contributed by atoms with E-state index < -0.39 is 62.6 Å². The number of nitrogens with zero attached hydrogens (tertiary/aromatic N) is 3. The number of hydrogen-bond acceptors (Lipinski definition) is 18. The molecule has 5 aliphatic rings. The molecule has 0 unspecified atom stereocenters. The summed E-state index contributed by atoms with van der Waals surface area (Å²) in [5.41, 5.74) is 1.06. The third kappa shape index (κ3) is 45.6. The van der Waals surface area contributed by atoms with Crippen molar-refractivity contribution in [3.63, 3.8) is 0 Å². The zero-order valence-corrected chi connectivity index (χ0v) is 64.0. The molecule has 0 atom stereocenters. The molecule has 0 aromatic carbocycles. The topological polar surface area (TPSA) is 402 Å². The molecule has 0 aliphatic carbocycles. The van der Waals surface area contributed by atoms with Crippen molar-refractivity contribution < 1.29 is 73.5 Å². The van der Waals surface area contributed by atoms with Crippen LogP contribution in [0.15, 0.2) is 0 Å². The second-order valence-electron chi connectivity index (χ2n) is 34.2. The van der Waals surface area contributed by atoms with Crippen LogP contribution in [0, 0.1) is 0 Å². The molecular formula is C69H133N13O15. The van der Waals surface area contributed by atoms with E-state index in [-0.39, 0.29) is 111 Å². The maximum absolute atomic E-state index is 11.0. The highest BCUT2D eigenvalue weighted by Gasteiger charge is 2.42. The first-order valence-corrected chi connectivity index (χ1v) is 34.1. The van der Waals surface area contributed by atoms with Crippen molar-refractivity contribution in [2.45, 2.75) is 323 Å². The van der Waals surface area contributed by atoms with Gasteiger partial charge in [0.25, 0.3) is 0 Å². The summed E-state index contributed by atoms with van der Waals surface area (Å²) in [4.78, 5) is 113. The predicted octanol–water partition coefficient (Wildman–Crippen LogP) is 4.47. The summed E-state index contributed by atoms with van der Waals surface area (Å²) >= 11 is 0. The van der Waals surface area contributed by atoms with Gasteiger partial charge in [0.15, 0.2) is 0 Å². The summed E-state index contributed by atoms with van der Waals surface area (Å²) in [7, 11) is 0. The van der Waals surface area contributed by atoms with Crippen LogP contribution in [0.25, 0.3) is 0 Å². The fourth-order valence-electron chi connectivity index (χ4n) is 15.8. The number of carboxylic acids is 5. The second kappa shape index (κ2) is 38.3. The van der Waals surface area contributed by atoms with E-state index in [0.29, 0.717) is 30.2 Å². The first kappa shape index (κ1) is 91.4. The first-order chi connectivity index (χ1) is 43.5. The lowest BCUT2D eigenvalue weighted by molar-refractivity contribution is -0.143. The number of carbonyl (C=O) groups is 10. The van der Waals surface area contributed by atoms with Crippen molar-refractivity contribution in [1.29, 1.82) is 0 Å². The highest BCUT2D eigenvalue weighted by molar-refractivity contribution is 5.75. The van der Waals surface area contributed by atoms with Gasteiger partial charge in [-0.2, -0.15) is 0 Å². The number of amides is 5. The van der Waals surface area contributed by atoms with Crippen LogP contribution in [-0.2, 0) is 47.9 Å². The Labute approximate surface area is 580 Å². The smallest absolute Gasteiger partial charge is 0.317 e. The number of rotatable bonds is 21. The summed E-state index contributed by atoms with van der Waals surface area (Å²) in [6.07, 6.45) is 9.96. The number of hydrogen-bond donors (Lipinski definition) is 15. The van der Waals surface area contributed by atoms with E-state index in [4.69, 9.17) is 25.5 Å². The monoisotopic (exact) mass is 1380 g/mol. The molecule has 0 saturated carbocycles. The second-order valence-corrected chi connectivity index (χ2v) is 34.2. The molecule has 5 amide bonds. The van der Waals surface area contributed by atoms with E-state index in [0.717, 1.165) is 74.0 Å². The molecule has 0 spiro atoms. The Bertz CT molecular complexity index is 2160. The molecule has 0 aromatic rings. The van der Waals surface area contributed by atoms with Crippen LogP contribution in [0.5, 0.6) is 0 Å². The van der Waals surface area contributed by atoms with Crippen molar-refractivity contribution in [2.24, 2.45) is 0 Å². The minimum Gasteiger partial charge on any atom is -0.480 e. The van der Waals surface area contributed by atoms with E-state index in [9.17, 15) is 47.9 Å². The van der Waals surface area contributed by atoms with Gasteiger partial charge in [-0.15, -0.1) is 0 Å². The average Bonchev–Trinajstić information content (AvgIpc) is 0.846. The molecule has 28 nitrogen and oxygen atoms in total. The number of carboxylic acid groups (broad SMARTS) is 5. The lowest BCUT2D eigenvalue weighted by atomic mass is 9.79. The lowest BCUT2D eigenvalue weighted by Crippen LogP contribution is -2.62.